The van der Waals surface area contributed by atoms with E-state index in [0.717, 1.165) is 10.3 Å². The highest BCUT2D eigenvalue weighted by Crippen LogP contribution is 2.27. The van der Waals surface area contributed by atoms with Crippen LogP contribution in [-0.4, -0.2) is 28.6 Å². The maximum absolute atomic E-state index is 13.5. The number of aromatic nitrogens is 2. The number of hydrogen-bond acceptors (Lipinski definition) is 3. The molecule has 0 saturated heterocycles. The van der Waals surface area contributed by atoms with Gasteiger partial charge >= 0.3 is 6.55 Å². The van der Waals surface area contributed by atoms with E-state index >= 15 is 0 Å². The van der Waals surface area contributed by atoms with E-state index in [1.165, 1.54) is 0 Å². The lowest BCUT2D eigenvalue weighted by Crippen LogP contribution is -2.28. The number of amides is 1. The summed E-state index contributed by atoms with van der Waals surface area (Å²) in [5.41, 5.74) is 0.915. The maximum Gasteiger partial charge on any atom is 0.320 e. The van der Waals surface area contributed by atoms with Gasteiger partial charge in [-0.25, -0.2) is 4.98 Å². The van der Waals surface area contributed by atoms with E-state index in [-0.39, 0.29) is 24.2 Å². The highest BCUT2D eigenvalue weighted by Gasteiger charge is 2.22. The number of carbonyl (C=O) groups excluding carboxylic acids is 1. The summed E-state index contributed by atoms with van der Waals surface area (Å²) in [6.45, 7) is -0.225. The average molecular weight is 387 g/mol. The Bertz CT molecular complexity index is 912. The summed E-state index contributed by atoms with van der Waals surface area (Å²) in [6, 6.07) is 16.2. The SMILES string of the molecule is C[C@@H](CNC(=O)CCCOc1ccccc1)c1nc2ccccc2n1C(F)F. The van der Waals surface area contributed by atoms with Gasteiger partial charge in [-0.1, -0.05) is 37.3 Å². The zero-order valence-electron chi connectivity index (χ0n) is 15.6. The molecule has 0 unspecified atom stereocenters. The fourth-order valence-electron chi connectivity index (χ4n) is 3.00. The van der Waals surface area contributed by atoms with E-state index in [0.29, 0.717) is 30.5 Å². The largest absolute Gasteiger partial charge is 0.494 e. The van der Waals surface area contributed by atoms with Gasteiger partial charge in [0, 0.05) is 18.9 Å². The van der Waals surface area contributed by atoms with Gasteiger partial charge < -0.3 is 10.1 Å². The van der Waals surface area contributed by atoms with Gasteiger partial charge in [-0.3, -0.25) is 9.36 Å². The number of para-hydroxylation sites is 3. The Morgan fingerprint density at radius 3 is 2.61 bits per heavy atom. The number of nitrogens with one attached hydrogen (secondary N) is 1. The molecule has 0 spiro atoms. The van der Waals surface area contributed by atoms with E-state index in [1.807, 2.05) is 30.3 Å². The fourth-order valence-corrected chi connectivity index (χ4v) is 3.00. The molecular weight excluding hydrogens is 364 g/mol. The van der Waals surface area contributed by atoms with Gasteiger partial charge in [0.2, 0.25) is 5.91 Å². The molecule has 1 heterocycles. The molecule has 2 aromatic carbocycles. The van der Waals surface area contributed by atoms with E-state index < -0.39 is 6.55 Å². The first-order valence-electron chi connectivity index (χ1n) is 9.26. The minimum Gasteiger partial charge on any atom is -0.494 e. The number of fused-ring (bicyclic) bond motifs is 1. The monoisotopic (exact) mass is 387 g/mol. The van der Waals surface area contributed by atoms with Crippen LogP contribution in [0.5, 0.6) is 5.75 Å². The zero-order chi connectivity index (χ0) is 19.9. The van der Waals surface area contributed by atoms with Crippen molar-refractivity contribution < 1.29 is 18.3 Å². The molecule has 28 heavy (non-hydrogen) atoms. The van der Waals surface area contributed by atoms with Crippen molar-refractivity contribution in [3.05, 3.63) is 60.4 Å². The lowest BCUT2D eigenvalue weighted by Gasteiger charge is -2.15. The summed E-state index contributed by atoms with van der Waals surface area (Å²) in [4.78, 5) is 16.4. The van der Waals surface area contributed by atoms with Gasteiger partial charge in [-0.05, 0) is 30.7 Å². The number of hydrogen-bond donors (Lipinski definition) is 1. The summed E-state index contributed by atoms with van der Waals surface area (Å²) < 4.78 is 33.5. The molecule has 3 rings (SSSR count). The van der Waals surface area contributed by atoms with Crippen LogP contribution in [0.2, 0.25) is 0 Å². The second kappa shape index (κ2) is 9.30. The Kier molecular flexibility index (Phi) is 6.57. The number of ether oxygens (including phenoxy) is 1. The smallest absolute Gasteiger partial charge is 0.320 e. The second-order valence-corrected chi connectivity index (χ2v) is 6.58. The molecule has 0 bridgehead atoms. The van der Waals surface area contributed by atoms with Crippen molar-refractivity contribution in [2.24, 2.45) is 0 Å². The number of benzene rings is 2. The normalized spacial score (nSPS) is 12.3. The number of nitrogens with zero attached hydrogens (tertiary/aromatic N) is 2. The van der Waals surface area contributed by atoms with E-state index in [2.05, 4.69) is 10.3 Å². The van der Waals surface area contributed by atoms with Crippen LogP contribution >= 0.6 is 0 Å². The zero-order valence-corrected chi connectivity index (χ0v) is 15.6. The fraction of sp³-hybridized carbons (Fsp3) is 0.333. The first-order valence-corrected chi connectivity index (χ1v) is 9.26. The van der Waals surface area contributed by atoms with Crippen LogP contribution < -0.4 is 10.1 Å². The summed E-state index contributed by atoms with van der Waals surface area (Å²) in [5.74, 6) is 0.556. The molecule has 7 heteroatoms. The molecule has 1 atom stereocenters. The van der Waals surface area contributed by atoms with Crippen LogP contribution in [0.15, 0.2) is 54.6 Å². The van der Waals surface area contributed by atoms with Crippen molar-refractivity contribution in [2.45, 2.75) is 32.2 Å². The first-order chi connectivity index (χ1) is 13.6. The molecule has 1 aromatic heterocycles. The molecule has 0 aliphatic carbocycles. The Morgan fingerprint density at radius 1 is 1.14 bits per heavy atom. The summed E-state index contributed by atoms with van der Waals surface area (Å²) in [7, 11) is 0. The molecule has 1 amide bonds. The quantitative estimate of drug-likeness (QED) is 0.550. The van der Waals surface area contributed by atoms with E-state index in [4.69, 9.17) is 4.74 Å². The maximum atomic E-state index is 13.5. The minimum atomic E-state index is -2.68. The third-order valence-corrected chi connectivity index (χ3v) is 4.42. The van der Waals surface area contributed by atoms with Gasteiger partial charge in [0.25, 0.3) is 0 Å². The van der Waals surface area contributed by atoms with E-state index in [9.17, 15) is 13.6 Å². The van der Waals surface area contributed by atoms with Crippen molar-refractivity contribution in [3.8, 4) is 5.75 Å². The van der Waals surface area contributed by atoms with Crippen LogP contribution in [0.3, 0.4) is 0 Å². The molecule has 5 nitrogen and oxygen atoms in total. The van der Waals surface area contributed by atoms with Gasteiger partial charge in [-0.15, -0.1) is 0 Å². The van der Waals surface area contributed by atoms with Gasteiger partial charge in [0.05, 0.1) is 17.6 Å². The molecular formula is C21H23F2N3O2. The lowest BCUT2D eigenvalue weighted by molar-refractivity contribution is -0.121. The molecule has 148 valence electrons. The number of imidazole rings is 1. The van der Waals surface area contributed by atoms with Crippen molar-refractivity contribution in [1.82, 2.24) is 14.9 Å². The van der Waals surface area contributed by atoms with Crippen LogP contribution in [0.25, 0.3) is 11.0 Å². The number of halogens is 2. The number of carbonyl (C=O) groups is 1. The molecule has 0 fully saturated rings. The van der Waals surface area contributed by atoms with Crippen LogP contribution in [0.1, 0.15) is 38.1 Å². The molecule has 3 aromatic rings. The molecule has 1 N–H and O–H groups in total. The van der Waals surface area contributed by atoms with Crippen molar-refractivity contribution in [1.29, 1.82) is 0 Å². The predicted molar refractivity (Wildman–Crippen MR) is 104 cm³/mol. The minimum absolute atomic E-state index is 0.136. The van der Waals surface area contributed by atoms with Gasteiger partial charge in [-0.2, -0.15) is 8.78 Å². The molecule has 0 aliphatic heterocycles. The Morgan fingerprint density at radius 2 is 1.86 bits per heavy atom. The lowest BCUT2D eigenvalue weighted by atomic mass is 10.1. The average Bonchev–Trinajstić information content (AvgIpc) is 3.10. The second-order valence-electron chi connectivity index (χ2n) is 6.58. The molecule has 0 aliphatic rings. The summed E-state index contributed by atoms with van der Waals surface area (Å²) in [5, 5.41) is 2.80. The van der Waals surface area contributed by atoms with Gasteiger partial charge in [0.15, 0.2) is 0 Å². The van der Waals surface area contributed by atoms with E-state index in [1.54, 1.807) is 31.2 Å². The Hall–Kier alpha value is -2.96. The summed E-state index contributed by atoms with van der Waals surface area (Å²) >= 11 is 0. The number of alkyl halides is 2. The highest BCUT2D eigenvalue weighted by molar-refractivity contribution is 5.77. The Balaban J connectivity index is 1.50. The topological polar surface area (TPSA) is 56.1 Å². The van der Waals surface area contributed by atoms with Crippen molar-refractivity contribution in [2.75, 3.05) is 13.2 Å². The van der Waals surface area contributed by atoms with Crippen molar-refractivity contribution >= 4 is 16.9 Å². The predicted octanol–water partition coefficient (Wildman–Crippen LogP) is 4.51. The molecule has 0 saturated carbocycles. The highest BCUT2D eigenvalue weighted by atomic mass is 19.3. The third kappa shape index (κ3) is 4.85. The third-order valence-electron chi connectivity index (χ3n) is 4.42. The van der Waals surface area contributed by atoms with Crippen molar-refractivity contribution in [3.63, 3.8) is 0 Å². The Labute approximate surface area is 162 Å². The van der Waals surface area contributed by atoms with Crippen LogP contribution in [0, 0.1) is 0 Å². The standard InChI is InChI=1S/C21H23F2N3O2/c1-15(20-25-17-10-5-6-11-18(17)26(20)21(22)23)14-24-19(27)12-7-13-28-16-8-3-2-4-9-16/h2-6,8-11,15,21H,7,12-14H2,1H3,(H,24,27)/t15-/m0/s1. The number of rotatable bonds is 9. The van der Waals surface area contributed by atoms with Gasteiger partial charge in [0.1, 0.15) is 11.6 Å². The van der Waals surface area contributed by atoms with Crippen LogP contribution in [-0.2, 0) is 4.79 Å². The van der Waals surface area contributed by atoms with Crippen LogP contribution in [0.4, 0.5) is 8.78 Å². The summed E-state index contributed by atoms with van der Waals surface area (Å²) in [6.07, 6.45) is 0.884. The first kappa shape index (κ1) is 19.8. The molecule has 0 radical (unpaired) electrons.